The number of fused-ring (bicyclic) bond motifs is 10. The van der Waals surface area contributed by atoms with Crippen molar-refractivity contribution in [3.8, 4) is 11.4 Å². The first-order valence-electron chi connectivity index (χ1n) is 15.9. The number of hydrogen-bond donors (Lipinski definition) is 0. The maximum Gasteiger partial charge on any atom is 0.0622 e. The number of benzene rings is 6. The number of rotatable bonds is 4. The van der Waals surface area contributed by atoms with Gasteiger partial charge in [-0.1, -0.05) is 91.5 Å². The van der Waals surface area contributed by atoms with Crippen LogP contribution in [-0.4, -0.2) is 13.5 Å². The molecule has 10 aromatic rings. The second-order valence-corrected chi connectivity index (χ2v) is 12.2. The molecule has 0 fully saturated rings. The number of allylic oxidation sites excluding steroid dienone is 1. The highest BCUT2D eigenvalue weighted by Gasteiger charge is 2.21. The van der Waals surface area contributed by atoms with Gasteiger partial charge in [-0.15, -0.1) is 0 Å². The molecular formula is C43H29N3. The van der Waals surface area contributed by atoms with E-state index in [0.29, 0.717) is 0 Å². The van der Waals surface area contributed by atoms with Gasteiger partial charge >= 0.3 is 0 Å². The Bertz CT molecular complexity index is 2800. The summed E-state index contributed by atoms with van der Waals surface area (Å²) in [6.07, 6.45) is 6.28. The van der Waals surface area contributed by atoms with Crippen molar-refractivity contribution >= 4 is 83.0 Å². The van der Waals surface area contributed by atoms with Crippen molar-refractivity contribution in [1.29, 1.82) is 0 Å². The maximum atomic E-state index is 4.23. The van der Waals surface area contributed by atoms with Crippen LogP contribution in [0, 0.1) is 0 Å². The number of hydrogen-bond acceptors (Lipinski definition) is 0. The lowest BCUT2D eigenvalue weighted by atomic mass is 10.1. The summed E-state index contributed by atoms with van der Waals surface area (Å²) in [6.45, 7) is 6.30. The third kappa shape index (κ3) is 3.16. The summed E-state index contributed by atoms with van der Waals surface area (Å²) in [4.78, 5) is 0. The Morgan fingerprint density at radius 1 is 0.478 bits per heavy atom. The van der Waals surface area contributed by atoms with Gasteiger partial charge in [-0.2, -0.15) is 0 Å². The summed E-state index contributed by atoms with van der Waals surface area (Å²) in [6, 6.07) is 46.7. The molecule has 0 aliphatic carbocycles. The van der Waals surface area contributed by atoms with Crippen LogP contribution in [0.15, 0.2) is 140 Å². The third-order valence-electron chi connectivity index (χ3n) is 9.84. The summed E-state index contributed by atoms with van der Waals surface area (Å²) < 4.78 is 7.24. The summed E-state index contributed by atoms with van der Waals surface area (Å²) >= 11 is 0. The SMILES string of the molecule is C=Cc1c(/C=C\C)c2ccccc2n1-c1ccc2c(c1)c1ccccc1n2-c1cc2c3ccccc3n3c4ccccc4c(c1)c23. The zero-order valence-corrected chi connectivity index (χ0v) is 25.4. The van der Waals surface area contributed by atoms with Crippen LogP contribution in [0.4, 0.5) is 0 Å². The second kappa shape index (κ2) is 9.23. The van der Waals surface area contributed by atoms with E-state index in [1.54, 1.807) is 0 Å². The van der Waals surface area contributed by atoms with Gasteiger partial charge in [0.25, 0.3) is 0 Å². The van der Waals surface area contributed by atoms with E-state index in [-0.39, 0.29) is 0 Å². The molecule has 6 aromatic carbocycles. The molecule has 0 unspecified atom stereocenters. The lowest BCUT2D eigenvalue weighted by Crippen LogP contribution is -1.98. The highest BCUT2D eigenvalue weighted by atomic mass is 15.0. The van der Waals surface area contributed by atoms with Gasteiger partial charge in [-0.3, -0.25) is 0 Å². The summed E-state index contributed by atoms with van der Waals surface area (Å²) in [5, 5.41) is 8.83. The summed E-state index contributed by atoms with van der Waals surface area (Å²) in [5.74, 6) is 0. The molecule has 0 N–H and O–H groups in total. The van der Waals surface area contributed by atoms with Crippen LogP contribution in [0.25, 0.3) is 94.3 Å². The van der Waals surface area contributed by atoms with Crippen LogP contribution < -0.4 is 0 Å². The van der Waals surface area contributed by atoms with Crippen LogP contribution in [0.2, 0.25) is 0 Å². The highest BCUT2D eigenvalue weighted by molar-refractivity contribution is 6.24. The van der Waals surface area contributed by atoms with E-state index >= 15 is 0 Å². The molecule has 0 spiro atoms. The van der Waals surface area contributed by atoms with E-state index in [1.165, 1.54) is 82.1 Å². The fourth-order valence-electron chi connectivity index (χ4n) is 8.05. The van der Waals surface area contributed by atoms with Gasteiger partial charge in [-0.25, -0.2) is 0 Å². The first-order chi connectivity index (χ1) is 22.8. The standard InChI is InChI=1S/C43H29N3/c1-3-13-29-30-14-5-9-18-38(30)44(37(29)4-2)27-22-23-42-34(24-27)31-15-6-10-19-39(31)45(42)28-25-35-32-16-7-11-20-40(32)46-41-21-12-8-17-33(41)36(26-28)43(35)46/h3-26H,2H2,1H3/b13-3-. The van der Waals surface area contributed by atoms with Gasteiger partial charge in [0, 0.05) is 54.6 Å². The van der Waals surface area contributed by atoms with Crippen molar-refractivity contribution in [1.82, 2.24) is 13.5 Å². The highest BCUT2D eigenvalue weighted by Crippen LogP contribution is 2.42. The summed E-state index contributed by atoms with van der Waals surface area (Å²) in [7, 11) is 0. The van der Waals surface area contributed by atoms with E-state index < -0.39 is 0 Å². The van der Waals surface area contributed by atoms with Gasteiger partial charge in [0.1, 0.15) is 0 Å². The van der Waals surface area contributed by atoms with Gasteiger partial charge in [0.15, 0.2) is 0 Å². The monoisotopic (exact) mass is 587 g/mol. The van der Waals surface area contributed by atoms with Crippen molar-refractivity contribution in [3.05, 3.63) is 151 Å². The largest absolute Gasteiger partial charge is 0.309 e. The van der Waals surface area contributed by atoms with Crippen molar-refractivity contribution in [2.45, 2.75) is 6.92 Å². The van der Waals surface area contributed by atoms with Gasteiger partial charge in [0.05, 0.1) is 38.8 Å². The van der Waals surface area contributed by atoms with E-state index in [4.69, 9.17) is 0 Å². The van der Waals surface area contributed by atoms with Crippen molar-refractivity contribution in [2.75, 3.05) is 0 Å². The second-order valence-electron chi connectivity index (χ2n) is 12.2. The minimum absolute atomic E-state index is 1.10. The van der Waals surface area contributed by atoms with E-state index in [0.717, 1.165) is 11.4 Å². The lowest BCUT2D eigenvalue weighted by molar-refractivity contribution is 1.11. The fourth-order valence-corrected chi connectivity index (χ4v) is 8.05. The molecular weight excluding hydrogens is 558 g/mol. The fraction of sp³-hybridized carbons (Fsp3) is 0.0233. The number of nitrogens with zero attached hydrogens (tertiary/aromatic N) is 3. The molecule has 46 heavy (non-hydrogen) atoms. The van der Waals surface area contributed by atoms with Crippen LogP contribution >= 0.6 is 0 Å². The predicted octanol–water partition coefficient (Wildman–Crippen LogP) is 11.6. The molecule has 0 saturated carbocycles. The van der Waals surface area contributed by atoms with E-state index in [2.05, 4.69) is 167 Å². The lowest BCUT2D eigenvalue weighted by Gasteiger charge is -2.12. The number of para-hydroxylation sites is 4. The minimum atomic E-state index is 1.10. The van der Waals surface area contributed by atoms with Crippen molar-refractivity contribution in [2.24, 2.45) is 0 Å². The average Bonchev–Trinajstić information content (AvgIpc) is 3.82. The molecule has 0 aliphatic heterocycles. The zero-order chi connectivity index (χ0) is 30.5. The van der Waals surface area contributed by atoms with Crippen LogP contribution in [0.1, 0.15) is 18.2 Å². The first kappa shape index (κ1) is 25.3. The molecule has 0 amide bonds. The zero-order valence-electron chi connectivity index (χ0n) is 25.4. The van der Waals surface area contributed by atoms with Crippen molar-refractivity contribution in [3.63, 3.8) is 0 Å². The number of aromatic nitrogens is 3. The molecule has 216 valence electrons. The average molecular weight is 588 g/mol. The maximum absolute atomic E-state index is 4.23. The Labute approximate surface area is 265 Å². The quantitative estimate of drug-likeness (QED) is 0.194. The Morgan fingerprint density at radius 3 is 1.59 bits per heavy atom. The van der Waals surface area contributed by atoms with Crippen LogP contribution in [0.3, 0.4) is 0 Å². The van der Waals surface area contributed by atoms with Crippen molar-refractivity contribution < 1.29 is 0 Å². The molecule has 0 bridgehead atoms. The van der Waals surface area contributed by atoms with Crippen LogP contribution in [0.5, 0.6) is 0 Å². The third-order valence-corrected chi connectivity index (χ3v) is 9.84. The Balaban J connectivity index is 1.30. The molecule has 0 radical (unpaired) electrons. The smallest absolute Gasteiger partial charge is 0.0622 e. The summed E-state index contributed by atoms with van der Waals surface area (Å²) in [5.41, 5.74) is 12.0. The molecule has 4 heterocycles. The van der Waals surface area contributed by atoms with Crippen LogP contribution in [-0.2, 0) is 0 Å². The normalized spacial score (nSPS) is 12.5. The van der Waals surface area contributed by atoms with E-state index in [9.17, 15) is 0 Å². The first-order valence-corrected chi connectivity index (χ1v) is 15.9. The molecule has 0 saturated heterocycles. The Morgan fingerprint density at radius 2 is 0.978 bits per heavy atom. The van der Waals surface area contributed by atoms with Gasteiger partial charge in [-0.05, 0) is 67.6 Å². The molecule has 10 rings (SSSR count). The molecule has 0 aliphatic rings. The molecule has 4 aromatic heterocycles. The molecule has 3 heteroatoms. The predicted molar refractivity (Wildman–Crippen MR) is 197 cm³/mol. The Kier molecular flexibility index (Phi) is 5.07. The van der Waals surface area contributed by atoms with E-state index in [1.807, 2.05) is 6.08 Å². The van der Waals surface area contributed by atoms with Gasteiger partial charge in [0.2, 0.25) is 0 Å². The molecule has 0 atom stereocenters. The minimum Gasteiger partial charge on any atom is -0.309 e. The van der Waals surface area contributed by atoms with Gasteiger partial charge < -0.3 is 13.5 Å². The topological polar surface area (TPSA) is 14.3 Å². The Hall–Kier alpha value is -6.06. The molecule has 3 nitrogen and oxygen atoms in total.